The predicted molar refractivity (Wildman–Crippen MR) is 288 cm³/mol. The normalized spacial score (nSPS) is 16.9. The first-order valence-electron chi connectivity index (χ1n) is 29.5. The zero-order valence-electron chi connectivity index (χ0n) is 55.3. The number of rotatable bonds is 39. The number of hydrogen-bond acceptors (Lipinski definition) is 4. The highest BCUT2D eigenvalue weighted by Crippen LogP contribution is 2.68. The van der Waals surface area contributed by atoms with Crippen LogP contribution in [0.1, 0.15) is 54.2 Å². The van der Waals surface area contributed by atoms with Gasteiger partial charge in [0.15, 0.2) is 5.67 Å². The van der Waals surface area contributed by atoms with E-state index in [1.807, 2.05) is 0 Å². The first kappa shape index (κ1) is 102. The summed E-state index contributed by atoms with van der Waals surface area (Å²) in [6, 6.07) is 5.69. The van der Waals surface area contributed by atoms with Gasteiger partial charge < -0.3 is 14.2 Å². The van der Waals surface area contributed by atoms with Gasteiger partial charge in [0, 0.05) is 6.04 Å². The van der Waals surface area contributed by atoms with Crippen molar-refractivity contribution in [1.82, 2.24) is 5.32 Å². The van der Waals surface area contributed by atoms with E-state index in [-0.39, 0.29) is 22.8 Å². The average molecular weight is 1790 g/mol. The van der Waals surface area contributed by atoms with Crippen LogP contribution < -0.4 is 5.32 Å². The summed E-state index contributed by atoms with van der Waals surface area (Å²) < 4.78 is 723. The smallest absolute Gasteiger partial charge is 0.375 e. The van der Waals surface area contributed by atoms with E-state index in [0.717, 1.165) is 26.0 Å². The summed E-state index contributed by atoms with van der Waals surface area (Å²) in [6.07, 6.45) is -31.1. The Bertz CT molecular complexity index is 3450. The Hall–Kier alpha value is -6.85. The van der Waals surface area contributed by atoms with Gasteiger partial charge in [0.25, 0.3) is 0 Å². The second-order valence-electron chi connectivity index (χ2n) is 24.7. The quantitative estimate of drug-likeness (QED) is 0.0578. The number of benzene rings is 3. The Kier molecular flexibility index (Phi) is 28.2. The van der Waals surface area contributed by atoms with Crippen LogP contribution in [0.25, 0.3) is 18.2 Å². The van der Waals surface area contributed by atoms with Gasteiger partial charge in [0.05, 0.1) is 45.2 Å². The molecule has 3 aromatic rings. The van der Waals surface area contributed by atoms with E-state index in [9.17, 15) is 220 Å². The van der Waals surface area contributed by atoms with E-state index in [0.29, 0.717) is 60.7 Å². The van der Waals surface area contributed by atoms with Crippen LogP contribution in [0.5, 0.6) is 0 Å². The average Bonchev–Trinajstić information content (AvgIpc) is 0.705. The van der Waals surface area contributed by atoms with Gasteiger partial charge in [-0.05, 0) is 72.4 Å². The standard InChI is InChI=1S/C60H42F51NO3/c1-28(61)29(2)112-37(25-113-22-33-10-4-30(5-11-33)16-19-36(3,62)40(67,68)43(73,74)46(79,80)49(85,86)52(91,92)55(97,98)58(103,104)105,26-114-23-34-12-6-31(7-13-34)17-20-38(63,64)41(69,70)44(75,76)47(81,82)50(87,88)53(93,94)56(99,100)59(106,107)108)27-115-24-35-14-8-32(9-15-35)18-21-39(65,66)42(71,72)45(77,78)48(83,84)51(89,90)54(95,96)57(101,102)60(109,110)111/h4-21,28-29,112H,22-27H2,1-3H3/b19-16+,20-17+,21-18+. The lowest BCUT2D eigenvalue weighted by Gasteiger charge is -2.43. The zero-order chi connectivity index (χ0) is 90.9. The summed E-state index contributed by atoms with van der Waals surface area (Å²) in [7, 11) is 0. The minimum absolute atomic E-state index is 0.0973. The molecular formula is C60H42F51NO3. The largest absolute Gasteiger partial charge is 0.460 e. The summed E-state index contributed by atoms with van der Waals surface area (Å²) in [5, 5.41) is 2.58. The van der Waals surface area contributed by atoms with Crippen LogP contribution in [-0.4, -0.2) is 180 Å². The van der Waals surface area contributed by atoms with Crippen molar-refractivity contribution in [3.8, 4) is 0 Å². The molecule has 0 saturated carbocycles. The molecule has 55 heteroatoms. The third kappa shape index (κ3) is 17.5. The highest BCUT2D eigenvalue weighted by atomic mass is 19.5. The summed E-state index contributed by atoms with van der Waals surface area (Å²) in [5.74, 6) is -168. The van der Waals surface area contributed by atoms with Crippen LogP contribution >= 0.6 is 0 Å². The summed E-state index contributed by atoms with van der Waals surface area (Å²) >= 11 is 0. The molecule has 3 atom stereocenters. The SMILES string of the molecule is CC(F)C(C)NC(COCc1ccc(/C=C/C(C)(F)C(F)(F)C(F)(F)C(F)(F)C(F)(F)C(F)(F)C(F)(F)C(F)(F)F)cc1)(COCc1ccc(/C=C/C(F)(F)C(F)(F)C(F)(F)C(F)(F)C(F)(F)C(F)(F)C(F)(F)C(F)(F)F)cc1)COCc1ccc(/C=C/C(F)(F)C(F)(F)C(F)(F)C(F)(F)C(F)(F)C(F)(F)C(F)(F)C(F)(F)F)cc1. The molecule has 0 bridgehead atoms. The van der Waals surface area contributed by atoms with Gasteiger partial charge in [-0.3, -0.25) is 5.32 Å². The number of ether oxygens (including phenoxy) is 3. The first-order chi connectivity index (χ1) is 50.5. The Morgan fingerprint density at radius 2 is 0.443 bits per heavy atom. The molecule has 0 amide bonds. The van der Waals surface area contributed by atoms with Gasteiger partial charge in [-0.15, -0.1) is 0 Å². The van der Waals surface area contributed by atoms with Gasteiger partial charge in [0.2, 0.25) is 0 Å². The summed E-state index contributed by atoms with van der Waals surface area (Å²) in [4.78, 5) is 0. The number of halogens is 51. The third-order valence-corrected chi connectivity index (χ3v) is 16.1. The molecule has 0 aliphatic rings. The molecule has 0 heterocycles. The molecule has 1 N–H and O–H groups in total. The maximum Gasteiger partial charge on any atom is 0.460 e. The van der Waals surface area contributed by atoms with Crippen LogP contribution in [0, 0.1) is 0 Å². The molecule has 0 fully saturated rings. The van der Waals surface area contributed by atoms with Crippen LogP contribution in [0.15, 0.2) is 91.0 Å². The molecular weight excluding hydrogens is 1750 g/mol. The summed E-state index contributed by atoms with van der Waals surface area (Å²) in [5.41, 5.74) is -11.4. The van der Waals surface area contributed by atoms with E-state index in [1.165, 1.54) is 0 Å². The molecule has 3 aromatic carbocycles. The lowest BCUT2D eigenvalue weighted by molar-refractivity contribution is -0.459. The van der Waals surface area contributed by atoms with Crippen molar-refractivity contribution >= 4 is 18.2 Å². The highest BCUT2D eigenvalue weighted by molar-refractivity contribution is 5.53. The van der Waals surface area contributed by atoms with Gasteiger partial charge in [-0.2, -0.15) is 215 Å². The van der Waals surface area contributed by atoms with Gasteiger partial charge in [0.1, 0.15) is 6.17 Å². The van der Waals surface area contributed by atoms with Gasteiger partial charge >= 0.3 is 137 Å². The van der Waals surface area contributed by atoms with Crippen LogP contribution in [-0.2, 0) is 34.0 Å². The lowest BCUT2D eigenvalue weighted by Crippen LogP contribution is -2.74. The minimum atomic E-state index is -8.96. The maximum absolute atomic E-state index is 15.3. The number of allylic oxidation sites excluding steroid dienone is 3. The first-order valence-corrected chi connectivity index (χ1v) is 29.5. The molecule has 0 saturated heterocycles. The molecule has 0 aliphatic carbocycles. The van der Waals surface area contributed by atoms with E-state index >= 15 is 4.39 Å². The Labute approximate surface area is 606 Å². The molecule has 0 aromatic heterocycles. The fourth-order valence-electron chi connectivity index (χ4n) is 8.71. The Morgan fingerprint density at radius 3 is 0.643 bits per heavy atom. The van der Waals surface area contributed by atoms with Crippen molar-refractivity contribution in [1.29, 1.82) is 0 Å². The fraction of sp³-hybridized carbons (Fsp3) is 0.600. The van der Waals surface area contributed by atoms with Crippen molar-refractivity contribution in [3.63, 3.8) is 0 Å². The van der Waals surface area contributed by atoms with Crippen LogP contribution in [0.2, 0.25) is 0 Å². The van der Waals surface area contributed by atoms with E-state index in [1.54, 1.807) is 0 Å². The van der Waals surface area contributed by atoms with Crippen molar-refractivity contribution in [2.75, 3.05) is 19.8 Å². The molecule has 3 rings (SSSR count). The molecule has 662 valence electrons. The number of hydrogen-bond donors (Lipinski definition) is 1. The predicted octanol–water partition coefficient (Wildman–Crippen LogP) is 23.9. The van der Waals surface area contributed by atoms with Crippen molar-refractivity contribution in [2.24, 2.45) is 0 Å². The van der Waals surface area contributed by atoms with E-state index in [4.69, 9.17) is 14.2 Å². The van der Waals surface area contributed by atoms with Crippen LogP contribution in [0.4, 0.5) is 224 Å². The summed E-state index contributed by atoms with van der Waals surface area (Å²) in [6.45, 7) is -4.84. The highest BCUT2D eigenvalue weighted by Gasteiger charge is 2.98. The van der Waals surface area contributed by atoms with Gasteiger partial charge in [-0.25, -0.2) is 8.78 Å². The number of alkyl halides is 51. The molecule has 4 nitrogen and oxygen atoms in total. The van der Waals surface area contributed by atoms with Crippen LogP contribution in [0.3, 0.4) is 0 Å². The Balaban J connectivity index is 2.08. The molecule has 0 aliphatic heterocycles. The second kappa shape index (κ2) is 31.7. The van der Waals surface area contributed by atoms with Crippen molar-refractivity contribution < 1.29 is 238 Å². The molecule has 0 spiro atoms. The van der Waals surface area contributed by atoms with E-state index < -0.39 is 254 Å². The fourth-order valence-corrected chi connectivity index (χ4v) is 8.71. The van der Waals surface area contributed by atoms with Crippen molar-refractivity contribution in [2.45, 2.75) is 201 Å². The number of nitrogens with one attached hydrogen (secondary N) is 1. The third-order valence-electron chi connectivity index (χ3n) is 16.1. The topological polar surface area (TPSA) is 39.7 Å². The minimum Gasteiger partial charge on any atom is -0.375 e. The monoisotopic (exact) mass is 1790 g/mol. The Morgan fingerprint density at radius 1 is 0.261 bits per heavy atom. The van der Waals surface area contributed by atoms with Crippen molar-refractivity contribution in [3.05, 3.63) is 124 Å². The molecule has 3 unspecified atom stereocenters. The lowest BCUT2D eigenvalue weighted by atomic mass is 9.85. The second-order valence-corrected chi connectivity index (χ2v) is 24.7. The maximum atomic E-state index is 15.3. The van der Waals surface area contributed by atoms with Gasteiger partial charge in [-0.1, -0.05) is 91.0 Å². The molecule has 0 radical (unpaired) electrons. The van der Waals surface area contributed by atoms with E-state index in [2.05, 4.69) is 5.32 Å². The molecule has 115 heavy (non-hydrogen) atoms. The zero-order valence-corrected chi connectivity index (χ0v) is 55.3.